The number of rotatable bonds is 4. The second kappa shape index (κ2) is 5.00. The second-order valence-corrected chi connectivity index (χ2v) is 5.39. The Bertz CT molecular complexity index is 231. The molecule has 0 amide bonds. The standard InChI is InChI=1S/C12H24N2O2/c1-10-7-15-11(2)6-14(10)4-5-16-12(3)8-13-9-12/h10-11,13H,4-9H2,1-3H3. The SMILES string of the molecule is CC1CN(CCOC2(C)CNC2)C(C)CO1. The van der Waals surface area contributed by atoms with Gasteiger partial charge >= 0.3 is 0 Å². The van der Waals surface area contributed by atoms with Crippen LogP contribution in [0.25, 0.3) is 0 Å². The molecule has 2 aliphatic heterocycles. The molecule has 0 aliphatic carbocycles. The molecule has 2 unspecified atom stereocenters. The maximum atomic E-state index is 5.91. The Morgan fingerprint density at radius 2 is 2.19 bits per heavy atom. The average molecular weight is 228 g/mol. The third kappa shape index (κ3) is 2.94. The molecule has 0 saturated carbocycles. The molecule has 94 valence electrons. The first kappa shape index (κ1) is 12.3. The van der Waals surface area contributed by atoms with Gasteiger partial charge in [0, 0.05) is 32.2 Å². The highest BCUT2D eigenvalue weighted by atomic mass is 16.5. The highest BCUT2D eigenvalue weighted by Gasteiger charge is 2.32. The number of hydrogen-bond acceptors (Lipinski definition) is 4. The summed E-state index contributed by atoms with van der Waals surface area (Å²) in [6, 6.07) is 0.520. The van der Waals surface area contributed by atoms with Crippen LogP contribution < -0.4 is 5.32 Å². The summed E-state index contributed by atoms with van der Waals surface area (Å²) in [5.41, 5.74) is 0.0845. The highest BCUT2D eigenvalue weighted by Crippen LogP contribution is 2.16. The second-order valence-electron chi connectivity index (χ2n) is 5.39. The molecule has 0 aromatic heterocycles. The van der Waals surface area contributed by atoms with Crippen LogP contribution in [0.15, 0.2) is 0 Å². The molecule has 2 heterocycles. The van der Waals surface area contributed by atoms with Crippen molar-refractivity contribution in [1.82, 2.24) is 10.2 Å². The summed E-state index contributed by atoms with van der Waals surface area (Å²) in [5, 5.41) is 3.25. The number of morpholine rings is 1. The van der Waals surface area contributed by atoms with Gasteiger partial charge in [-0.1, -0.05) is 0 Å². The minimum Gasteiger partial charge on any atom is -0.376 e. The van der Waals surface area contributed by atoms with Crippen molar-refractivity contribution >= 4 is 0 Å². The van der Waals surface area contributed by atoms with Gasteiger partial charge in [-0.15, -0.1) is 0 Å². The topological polar surface area (TPSA) is 33.7 Å². The van der Waals surface area contributed by atoms with E-state index in [9.17, 15) is 0 Å². The van der Waals surface area contributed by atoms with E-state index >= 15 is 0 Å². The van der Waals surface area contributed by atoms with Crippen LogP contribution >= 0.6 is 0 Å². The number of hydrogen-bond donors (Lipinski definition) is 1. The van der Waals surface area contributed by atoms with Gasteiger partial charge < -0.3 is 14.8 Å². The van der Waals surface area contributed by atoms with E-state index in [4.69, 9.17) is 9.47 Å². The van der Waals surface area contributed by atoms with Crippen molar-refractivity contribution in [3.05, 3.63) is 0 Å². The summed E-state index contributed by atoms with van der Waals surface area (Å²) in [5.74, 6) is 0. The minimum absolute atomic E-state index is 0.0845. The lowest BCUT2D eigenvalue weighted by Crippen LogP contribution is -2.59. The van der Waals surface area contributed by atoms with Crippen molar-refractivity contribution in [1.29, 1.82) is 0 Å². The minimum atomic E-state index is 0.0845. The molecule has 0 radical (unpaired) electrons. The van der Waals surface area contributed by atoms with Gasteiger partial charge in [-0.25, -0.2) is 0 Å². The first-order chi connectivity index (χ1) is 7.59. The zero-order valence-corrected chi connectivity index (χ0v) is 10.7. The van der Waals surface area contributed by atoms with Crippen molar-refractivity contribution in [3.63, 3.8) is 0 Å². The maximum Gasteiger partial charge on any atom is 0.0902 e. The van der Waals surface area contributed by atoms with Crippen LogP contribution in [0.3, 0.4) is 0 Å². The molecule has 0 aromatic carbocycles. The number of ether oxygens (including phenoxy) is 2. The van der Waals surface area contributed by atoms with Crippen LogP contribution in [0.2, 0.25) is 0 Å². The lowest BCUT2D eigenvalue weighted by Gasteiger charge is -2.41. The summed E-state index contributed by atoms with van der Waals surface area (Å²) in [6.07, 6.45) is 0.358. The van der Waals surface area contributed by atoms with Gasteiger partial charge in [-0.05, 0) is 20.8 Å². The molecular formula is C12H24N2O2. The number of nitrogens with one attached hydrogen (secondary N) is 1. The van der Waals surface area contributed by atoms with Crippen LogP contribution in [-0.2, 0) is 9.47 Å². The van der Waals surface area contributed by atoms with Crippen LogP contribution in [0.1, 0.15) is 20.8 Å². The normalized spacial score (nSPS) is 34.7. The molecule has 0 bridgehead atoms. The Morgan fingerprint density at radius 1 is 1.44 bits per heavy atom. The van der Waals surface area contributed by atoms with Gasteiger partial charge in [-0.2, -0.15) is 0 Å². The summed E-state index contributed by atoms with van der Waals surface area (Å²) >= 11 is 0. The molecule has 0 spiro atoms. The van der Waals surface area contributed by atoms with Crippen LogP contribution in [0, 0.1) is 0 Å². The Labute approximate surface area is 98.3 Å². The van der Waals surface area contributed by atoms with E-state index in [0.717, 1.165) is 39.4 Å². The Hall–Kier alpha value is -0.160. The molecule has 16 heavy (non-hydrogen) atoms. The van der Waals surface area contributed by atoms with Gasteiger partial charge in [0.2, 0.25) is 0 Å². The maximum absolute atomic E-state index is 5.91. The molecule has 0 aromatic rings. The van der Waals surface area contributed by atoms with E-state index in [2.05, 4.69) is 31.0 Å². The van der Waals surface area contributed by atoms with Crippen molar-refractivity contribution in [3.8, 4) is 0 Å². The van der Waals surface area contributed by atoms with Crippen molar-refractivity contribution in [2.75, 3.05) is 39.4 Å². The van der Waals surface area contributed by atoms with Crippen molar-refractivity contribution in [2.24, 2.45) is 0 Å². The van der Waals surface area contributed by atoms with E-state index in [1.54, 1.807) is 0 Å². The molecule has 2 rings (SSSR count). The van der Waals surface area contributed by atoms with Crippen molar-refractivity contribution in [2.45, 2.75) is 38.5 Å². The molecule has 2 atom stereocenters. The fourth-order valence-corrected chi connectivity index (χ4v) is 2.27. The lowest BCUT2D eigenvalue weighted by molar-refractivity contribution is -0.0936. The third-order valence-corrected chi connectivity index (χ3v) is 3.56. The monoisotopic (exact) mass is 228 g/mol. The Kier molecular flexibility index (Phi) is 3.85. The summed E-state index contributed by atoms with van der Waals surface area (Å²) in [4.78, 5) is 2.46. The lowest BCUT2D eigenvalue weighted by atomic mass is 10.0. The molecule has 2 saturated heterocycles. The smallest absolute Gasteiger partial charge is 0.0902 e. The first-order valence-corrected chi connectivity index (χ1v) is 6.29. The number of nitrogens with zero attached hydrogens (tertiary/aromatic N) is 1. The largest absolute Gasteiger partial charge is 0.376 e. The molecule has 1 N–H and O–H groups in total. The summed E-state index contributed by atoms with van der Waals surface area (Å²) < 4.78 is 11.5. The van der Waals surface area contributed by atoms with Crippen molar-refractivity contribution < 1.29 is 9.47 Å². The summed E-state index contributed by atoms with van der Waals surface area (Å²) in [7, 11) is 0. The molecule has 4 nitrogen and oxygen atoms in total. The predicted octanol–water partition coefficient (Wildman–Crippen LogP) is 0.474. The first-order valence-electron chi connectivity index (χ1n) is 6.29. The van der Waals surface area contributed by atoms with E-state index in [0.29, 0.717) is 12.1 Å². The van der Waals surface area contributed by atoms with Crippen LogP contribution in [0.4, 0.5) is 0 Å². The molecule has 2 aliphatic rings. The molecule has 4 heteroatoms. The molecule has 2 fully saturated rings. The highest BCUT2D eigenvalue weighted by molar-refractivity contribution is 4.90. The van der Waals surface area contributed by atoms with Crippen LogP contribution in [0.5, 0.6) is 0 Å². The van der Waals surface area contributed by atoms with Gasteiger partial charge in [0.05, 0.1) is 24.9 Å². The zero-order chi connectivity index (χ0) is 11.6. The van der Waals surface area contributed by atoms with Gasteiger partial charge in [-0.3, -0.25) is 4.90 Å². The van der Waals surface area contributed by atoms with Gasteiger partial charge in [0.15, 0.2) is 0 Å². The third-order valence-electron chi connectivity index (χ3n) is 3.56. The fraction of sp³-hybridized carbons (Fsp3) is 1.00. The van der Waals surface area contributed by atoms with E-state index in [-0.39, 0.29) is 5.60 Å². The van der Waals surface area contributed by atoms with Crippen LogP contribution in [-0.4, -0.2) is 62.0 Å². The average Bonchev–Trinajstić information content (AvgIpc) is 2.21. The Balaban J connectivity index is 1.68. The predicted molar refractivity (Wildman–Crippen MR) is 63.7 cm³/mol. The van der Waals surface area contributed by atoms with Gasteiger partial charge in [0.1, 0.15) is 0 Å². The quantitative estimate of drug-likeness (QED) is 0.758. The van der Waals surface area contributed by atoms with Gasteiger partial charge in [0.25, 0.3) is 0 Å². The van der Waals surface area contributed by atoms with E-state index in [1.165, 1.54) is 0 Å². The zero-order valence-electron chi connectivity index (χ0n) is 10.7. The Morgan fingerprint density at radius 3 is 2.81 bits per heavy atom. The molecular weight excluding hydrogens is 204 g/mol. The summed E-state index contributed by atoms with van der Waals surface area (Å²) in [6.45, 7) is 12.2. The fourth-order valence-electron chi connectivity index (χ4n) is 2.27. The van der Waals surface area contributed by atoms with E-state index < -0.39 is 0 Å². The van der Waals surface area contributed by atoms with E-state index in [1.807, 2.05) is 0 Å².